The molecule has 4 rings (SSSR count). The third-order valence-corrected chi connectivity index (χ3v) is 5.91. The van der Waals surface area contributed by atoms with Crippen molar-refractivity contribution in [1.82, 2.24) is 15.3 Å². The molecule has 0 spiro atoms. The van der Waals surface area contributed by atoms with Crippen molar-refractivity contribution in [2.45, 2.75) is 39.8 Å². The number of amides is 1. The van der Waals surface area contributed by atoms with Crippen molar-refractivity contribution in [2.75, 3.05) is 6.61 Å². The normalized spacial score (nSPS) is 11.7. The van der Waals surface area contributed by atoms with E-state index in [1.165, 1.54) is 5.56 Å². The van der Waals surface area contributed by atoms with Gasteiger partial charge in [-0.2, -0.15) is 0 Å². The Balaban J connectivity index is 1.54. The van der Waals surface area contributed by atoms with Gasteiger partial charge < -0.3 is 10.1 Å². The highest BCUT2D eigenvalue weighted by Crippen LogP contribution is 2.29. The van der Waals surface area contributed by atoms with Crippen molar-refractivity contribution in [3.05, 3.63) is 107 Å². The number of aromatic nitrogens is 2. The molecule has 178 valence electrons. The second kappa shape index (κ2) is 11.5. The van der Waals surface area contributed by atoms with Crippen LogP contribution in [-0.2, 0) is 11.3 Å². The first-order valence-electron chi connectivity index (χ1n) is 12.0. The minimum absolute atomic E-state index is 0.118. The molecule has 0 aliphatic rings. The fraction of sp³-hybridized carbons (Fsp3) is 0.233. The molecule has 1 aromatic heterocycles. The minimum atomic E-state index is -0.253. The van der Waals surface area contributed by atoms with Crippen molar-refractivity contribution in [3.63, 3.8) is 0 Å². The van der Waals surface area contributed by atoms with Gasteiger partial charge in [0, 0.05) is 11.1 Å². The molecule has 1 N–H and O–H groups in total. The summed E-state index contributed by atoms with van der Waals surface area (Å²) in [7, 11) is 0. The number of hydrogen-bond acceptors (Lipinski definition) is 4. The first kappa shape index (κ1) is 24.3. The Morgan fingerprint density at radius 3 is 2.06 bits per heavy atom. The van der Waals surface area contributed by atoms with Crippen LogP contribution in [0.25, 0.3) is 22.5 Å². The summed E-state index contributed by atoms with van der Waals surface area (Å²) >= 11 is 0. The van der Waals surface area contributed by atoms with Gasteiger partial charge in [-0.05, 0) is 25.8 Å². The number of carbonyl (C=O) groups excluding carboxylic acids is 1. The molecular weight excluding hydrogens is 434 g/mol. The van der Waals surface area contributed by atoms with E-state index in [2.05, 4.69) is 29.4 Å². The van der Waals surface area contributed by atoms with Gasteiger partial charge in [0.05, 0.1) is 36.8 Å². The molecule has 0 aliphatic heterocycles. The first-order valence-corrected chi connectivity index (χ1v) is 12.0. The largest absolute Gasteiger partial charge is 0.375 e. The average molecular weight is 466 g/mol. The maximum absolute atomic E-state index is 13.1. The maximum Gasteiger partial charge on any atom is 0.271 e. The van der Waals surface area contributed by atoms with Gasteiger partial charge in [0.1, 0.15) is 5.69 Å². The van der Waals surface area contributed by atoms with Crippen LogP contribution in [0, 0.1) is 13.8 Å². The van der Waals surface area contributed by atoms with Crippen LogP contribution in [-0.4, -0.2) is 28.5 Å². The van der Waals surface area contributed by atoms with Crippen molar-refractivity contribution >= 4 is 5.91 Å². The van der Waals surface area contributed by atoms with Crippen LogP contribution in [0.3, 0.4) is 0 Å². The van der Waals surface area contributed by atoms with E-state index < -0.39 is 0 Å². The van der Waals surface area contributed by atoms with Gasteiger partial charge in [0.25, 0.3) is 5.91 Å². The third kappa shape index (κ3) is 6.40. The Kier molecular flexibility index (Phi) is 8.01. The van der Waals surface area contributed by atoms with Gasteiger partial charge in [-0.25, -0.2) is 4.98 Å². The second-order valence-electron chi connectivity index (χ2n) is 8.76. The molecule has 0 aliphatic carbocycles. The average Bonchev–Trinajstić information content (AvgIpc) is 2.89. The molecule has 35 heavy (non-hydrogen) atoms. The lowest BCUT2D eigenvalue weighted by molar-refractivity contribution is 0.0788. The van der Waals surface area contributed by atoms with E-state index >= 15 is 0 Å². The van der Waals surface area contributed by atoms with Crippen LogP contribution in [0.4, 0.5) is 0 Å². The van der Waals surface area contributed by atoms with E-state index in [1.54, 1.807) is 6.20 Å². The van der Waals surface area contributed by atoms with Gasteiger partial charge in [-0.3, -0.25) is 9.78 Å². The number of nitrogens with one attached hydrogen (secondary N) is 1. The molecule has 1 atom stereocenters. The topological polar surface area (TPSA) is 64.1 Å². The summed E-state index contributed by atoms with van der Waals surface area (Å²) < 4.78 is 5.85. The summed E-state index contributed by atoms with van der Waals surface area (Å²) in [6, 6.07) is 26.2. The lowest BCUT2D eigenvalue weighted by Crippen LogP contribution is -2.38. The van der Waals surface area contributed by atoms with E-state index in [1.807, 2.05) is 80.6 Å². The molecule has 0 radical (unpaired) electrons. The molecule has 4 aromatic rings. The number of benzene rings is 3. The Morgan fingerprint density at radius 2 is 1.46 bits per heavy atom. The number of ether oxygens (including phenoxy) is 1. The highest BCUT2D eigenvalue weighted by Gasteiger charge is 2.18. The molecule has 0 saturated heterocycles. The van der Waals surface area contributed by atoms with Gasteiger partial charge >= 0.3 is 0 Å². The van der Waals surface area contributed by atoms with Crippen LogP contribution in [0.5, 0.6) is 0 Å². The van der Waals surface area contributed by atoms with Crippen molar-refractivity contribution < 1.29 is 9.53 Å². The lowest BCUT2D eigenvalue weighted by atomic mass is 10.0. The zero-order chi connectivity index (χ0) is 24.6. The Hall–Kier alpha value is -3.83. The Morgan fingerprint density at radius 1 is 0.857 bits per heavy atom. The SMILES string of the molecule is CC[C@H](COCc1ccccc1)NC(=O)c1cnc(-c2ccc(C)cc2)c(-c2ccc(C)cc2)n1. The molecular formula is C30H31N3O2. The van der Waals surface area contributed by atoms with Crippen molar-refractivity contribution in [3.8, 4) is 22.5 Å². The molecule has 1 amide bonds. The molecule has 5 nitrogen and oxygen atoms in total. The summed E-state index contributed by atoms with van der Waals surface area (Å²) in [6.07, 6.45) is 2.31. The summed E-state index contributed by atoms with van der Waals surface area (Å²) in [5, 5.41) is 3.06. The van der Waals surface area contributed by atoms with E-state index in [9.17, 15) is 4.79 Å². The second-order valence-corrected chi connectivity index (χ2v) is 8.76. The Bertz CT molecular complexity index is 1250. The van der Waals surface area contributed by atoms with Crippen LogP contribution < -0.4 is 5.32 Å². The zero-order valence-corrected chi connectivity index (χ0v) is 20.5. The lowest BCUT2D eigenvalue weighted by Gasteiger charge is -2.18. The third-order valence-electron chi connectivity index (χ3n) is 5.91. The van der Waals surface area contributed by atoms with Crippen LogP contribution in [0.15, 0.2) is 85.1 Å². The Labute approximate surface area is 207 Å². The van der Waals surface area contributed by atoms with Crippen molar-refractivity contribution in [1.29, 1.82) is 0 Å². The van der Waals surface area contributed by atoms with E-state index in [-0.39, 0.29) is 17.6 Å². The van der Waals surface area contributed by atoms with E-state index in [0.717, 1.165) is 34.4 Å². The number of carbonyl (C=O) groups is 1. The summed E-state index contributed by atoms with van der Waals surface area (Å²) in [5.74, 6) is -0.253. The van der Waals surface area contributed by atoms with Crippen LogP contribution in [0.1, 0.15) is 40.5 Å². The fourth-order valence-corrected chi connectivity index (χ4v) is 3.75. The van der Waals surface area contributed by atoms with Gasteiger partial charge in [-0.1, -0.05) is 96.9 Å². The molecule has 0 bridgehead atoms. The summed E-state index contributed by atoms with van der Waals surface area (Å²) in [4.78, 5) is 22.6. The number of aryl methyl sites for hydroxylation is 2. The highest BCUT2D eigenvalue weighted by molar-refractivity contribution is 5.93. The molecule has 0 saturated carbocycles. The van der Waals surface area contributed by atoms with Crippen LogP contribution >= 0.6 is 0 Å². The van der Waals surface area contributed by atoms with Gasteiger partial charge in [0.15, 0.2) is 0 Å². The zero-order valence-electron chi connectivity index (χ0n) is 20.5. The fourth-order valence-electron chi connectivity index (χ4n) is 3.75. The standard InChI is InChI=1S/C30H31N3O2/c1-4-26(20-35-19-23-8-6-5-7-9-23)32-30(34)27-18-31-28(24-14-10-21(2)11-15-24)29(33-27)25-16-12-22(3)13-17-25/h5-18,26H,4,19-20H2,1-3H3,(H,32,34)/t26-/m1/s1. The maximum atomic E-state index is 13.1. The number of hydrogen-bond donors (Lipinski definition) is 1. The van der Waals surface area contributed by atoms with Crippen LogP contribution in [0.2, 0.25) is 0 Å². The number of rotatable bonds is 9. The monoisotopic (exact) mass is 465 g/mol. The smallest absolute Gasteiger partial charge is 0.271 e. The van der Waals surface area contributed by atoms with Gasteiger partial charge in [0.2, 0.25) is 0 Å². The quantitative estimate of drug-likeness (QED) is 0.322. The molecule has 0 unspecified atom stereocenters. The first-order chi connectivity index (χ1) is 17.0. The predicted octanol–water partition coefficient (Wildman–Crippen LogP) is 6.15. The summed E-state index contributed by atoms with van der Waals surface area (Å²) in [5.41, 5.74) is 7.06. The highest BCUT2D eigenvalue weighted by atomic mass is 16.5. The van der Waals surface area contributed by atoms with Gasteiger partial charge in [-0.15, -0.1) is 0 Å². The van der Waals surface area contributed by atoms with E-state index in [4.69, 9.17) is 9.72 Å². The molecule has 0 fully saturated rings. The number of nitrogens with zero attached hydrogens (tertiary/aromatic N) is 2. The van der Waals surface area contributed by atoms with Crippen molar-refractivity contribution in [2.24, 2.45) is 0 Å². The molecule has 1 heterocycles. The molecule has 3 aromatic carbocycles. The summed E-state index contributed by atoms with van der Waals surface area (Å²) in [6.45, 7) is 7.07. The predicted molar refractivity (Wildman–Crippen MR) is 140 cm³/mol. The minimum Gasteiger partial charge on any atom is -0.375 e. The molecule has 5 heteroatoms. The van der Waals surface area contributed by atoms with E-state index in [0.29, 0.717) is 18.9 Å².